The van der Waals surface area contributed by atoms with Crippen LogP contribution < -0.4 is 0 Å². The molecular formula is C12H20N2O2S. The summed E-state index contributed by atoms with van der Waals surface area (Å²) in [6.07, 6.45) is 3.86. The first-order valence-electron chi connectivity index (χ1n) is 6.30. The molecule has 0 radical (unpaired) electrons. The van der Waals surface area contributed by atoms with E-state index >= 15 is 0 Å². The number of hydrogen-bond acceptors (Lipinski definition) is 5. The average Bonchev–Trinajstić information content (AvgIpc) is 2.96. The second-order valence-electron chi connectivity index (χ2n) is 4.91. The smallest absolute Gasteiger partial charge is 0.0918 e. The predicted molar refractivity (Wildman–Crippen MR) is 67.2 cm³/mol. The van der Waals surface area contributed by atoms with Gasteiger partial charge in [0.2, 0.25) is 0 Å². The maximum absolute atomic E-state index is 10.2. The first-order chi connectivity index (χ1) is 8.18. The van der Waals surface area contributed by atoms with Crippen LogP contribution in [0.4, 0.5) is 0 Å². The van der Waals surface area contributed by atoms with Crippen LogP contribution >= 0.6 is 11.5 Å². The lowest BCUT2D eigenvalue weighted by atomic mass is 10.0. The van der Waals surface area contributed by atoms with Crippen molar-refractivity contribution in [3.05, 3.63) is 10.6 Å². The summed E-state index contributed by atoms with van der Waals surface area (Å²) in [5, 5.41) is 14.3. The Morgan fingerprint density at radius 2 is 2.35 bits per heavy atom. The quantitative estimate of drug-likeness (QED) is 0.880. The molecule has 2 heterocycles. The topological polar surface area (TPSA) is 55.2 Å². The number of aliphatic hydroxyl groups excluding tert-OH is 1. The Morgan fingerprint density at radius 3 is 3.00 bits per heavy atom. The van der Waals surface area contributed by atoms with Crippen LogP contribution in [0.15, 0.2) is 0 Å². The Morgan fingerprint density at radius 1 is 1.53 bits per heavy atom. The molecular weight excluding hydrogens is 236 g/mol. The second kappa shape index (κ2) is 5.89. The first kappa shape index (κ1) is 12.9. The summed E-state index contributed by atoms with van der Waals surface area (Å²) in [6, 6.07) is 0. The normalized spacial score (nSPS) is 22.2. The van der Waals surface area contributed by atoms with Crippen LogP contribution in [0, 0.1) is 0 Å². The van der Waals surface area contributed by atoms with E-state index in [0.29, 0.717) is 12.0 Å². The van der Waals surface area contributed by atoms with E-state index in [4.69, 9.17) is 4.74 Å². The molecule has 5 heteroatoms. The van der Waals surface area contributed by atoms with Gasteiger partial charge in [0, 0.05) is 6.61 Å². The molecule has 0 saturated carbocycles. The molecule has 0 aliphatic carbocycles. The third kappa shape index (κ3) is 3.24. The van der Waals surface area contributed by atoms with Gasteiger partial charge in [-0.25, -0.2) is 0 Å². The van der Waals surface area contributed by atoms with Crippen molar-refractivity contribution in [3.63, 3.8) is 0 Å². The Balaban J connectivity index is 1.89. The largest absolute Gasteiger partial charge is 0.387 e. The minimum atomic E-state index is -0.434. The fourth-order valence-electron chi connectivity index (χ4n) is 2.18. The van der Waals surface area contributed by atoms with Crippen LogP contribution in [0.2, 0.25) is 0 Å². The van der Waals surface area contributed by atoms with E-state index in [1.54, 1.807) is 0 Å². The van der Waals surface area contributed by atoms with Gasteiger partial charge < -0.3 is 9.84 Å². The van der Waals surface area contributed by atoms with Gasteiger partial charge in [-0.2, -0.15) is 0 Å². The number of aromatic nitrogens is 2. The van der Waals surface area contributed by atoms with E-state index in [1.807, 2.05) is 0 Å². The highest BCUT2D eigenvalue weighted by atomic mass is 32.1. The van der Waals surface area contributed by atoms with Crippen molar-refractivity contribution in [2.45, 2.75) is 57.7 Å². The summed E-state index contributed by atoms with van der Waals surface area (Å²) in [5.41, 5.74) is 0.940. The summed E-state index contributed by atoms with van der Waals surface area (Å²) in [7, 11) is 0. The summed E-state index contributed by atoms with van der Waals surface area (Å²) in [4.78, 5) is 0.929. The van der Waals surface area contributed by atoms with Crippen molar-refractivity contribution in [1.29, 1.82) is 0 Å². The van der Waals surface area contributed by atoms with Crippen LogP contribution in [-0.4, -0.2) is 27.4 Å². The van der Waals surface area contributed by atoms with E-state index in [1.165, 1.54) is 11.5 Å². The standard InChI is InChI=1S/C12H20N2O2S/c1-8(2)11-12(17-14-13-11)10(15)6-5-9-4-3-7-16-9/h8-10,15H,3-7H2,1-2H3. The molecule has 0 bridgehead atoms. The van der Waals surface area contributed by atoms with Crippen LogP contribution in [0.1, 0.15) is 62.1 Å². The average molecular weight is 256 g/mol. The van der Waals surface area contributed by atoms with E-state index in [2.05, 4.69) is 23.4 Å². The summed E-state index contributed by atoms with van der Waals surface area (Å²) >= 11 is 1.32. The second-order valence-corrected chi connectivity index (χ2v) is 5.69. The lowest BCUT2D eigenvalue weighted by Crippen LogP contribution is -2.08. The maximum Gasteiger partial charge on any atom is 0.0918 e. The van der Waals surface area contributed by atoms with E-state index < -0.39 is 6.10 Å². The lowest BCUT2D eigenvalue weighted by Gasteiger charge is -2.14. The van der Waals surface area contributed by atoms with Crippen molar-refractivity contribution in [3.8, 4) is 0 Å². The molecule has 1 saturated heterocycles. The molecule has 1 aromatic rings. The lowest BCUT2D eigenvalue weighted by molar-refractivity contribution is 0.0817. The van der Waals surface area contributed by atoms with Gasteiger partial charge in [-0.1, -0.05) is 18.3 Å². The van der Waals surface area contributed by atoms with E-state index in [0.717, 1.165) is 42.9 Å². The van der Waals surface area contributed by atoms with E-state index in [9.17, 15) is 5.11 Å². The highest BCUT2D eigenvalue weighted by molar-refractivity contribution is 7.05. The molecule has 4 nitrogen and oxygen atoms in total. The Hall–Kier alpha value is -0.520. The fraction of sp³-hybridized carbons (Fsp3) is 0.833. The van der Waals surface area contributed by atoms with Crippen LogP contribution in [0.3, 0.4) is 0 Å². The molecule has 0 aromatic carbocycles. The zero-order chi connectivity index (χ0) is 12.3. The van der Waals surface area contributed by atoms with Crippen molar-refractivity contribution in [2.24, 2.45) is 0 Å². The maximum atomic E-state index is 10.2. The third-order valence-corrected chi connectivity index (χ3v) is 4.02. The Bertz CT molecular complexity index is 348. The van der Waals surface area contributed by atoms with Crippen molar-refractivity contribution in [2.75, 3.05) is 6.61 Å². The first-order valence-corrected chi connectivity index (χ1v) is 7.07. The number of ether oxygens (including phenoxy) is 1. The number of hydrogen-bond donors (Lipinski definition) is 1. The van der Waals surface area contributed by atoms with Gasteiger partial charge in [0.05, 0.1) is 22.8 Å². The van der Waals surface area contributed by atoms with Gasteiger partial charge in [-0.3, -0.25) is 0 Å². The van der Waals surface area contributed by atoms with Gasteiger partial charge in [-0.15, -0.1) is 5.10 Å². The molecule has 1 aliphatic rings. The molecule has 1 aliphatic heterocycles. The highest BCUT2D eigenvalue weighted by Gasteiger charge is 2.22. The minimum absolute atomic E-state index is 0.320. The van der Waals surface area contributed by atoms with Crippen LogP contribution in [0.5, 0.6) is 0 Å². The summed E-state index contributed by atoms with van der Waals surface area (Å²) in [5.74, 6) is 0.320. The SMILES string of the molecule is CC(C)c1nnsc1C(O)CCC1CCCO1. The summed E-state index contributed by atoms with van der Waals surface area (Å²) in [6.45, 7) is 5.03. The number of rotatable bonds is 5. The Kier molecular flexibility index (Phi) is 4.48. The number of aliphatic hydroxyl groups is 1. The zero-order valence-corrected chi connectivity index (χ0v) is 11.2. The van der Waals surface area contributed by atoms with Crippen molar-refractivity contribution < 1.29 is 9.84 Å². The molecule has 0 spiro atoms. The minimum Gasteiger partial charge on any atom is -0.387 e. The molecule has 96 valence electrons. The number of nitrogens with zero attached hydrogens (tertiary/aromatic N) is 2. The zero-order valence-electron chi connectivity index (χ0n) is 10.4. The molecule has 0 amide bonds. The van der Waals surface area contributed by atoms with Crippen molar-refractivity contribution >= 4 is 11.5 Å². The van der Waals surface area contributed by atoms with Crippen LogP contribution in [0.25, 0.3) is 0 Å². The monoisotopic (exact) mass is 256 g/mol. The van der Waals surface area contributed by atoms with Crippen molar-refractivity contribution in [1.82, 2.24) is 9.59 Å². The highest BCUT2D eigenvalue weighted by Crippen LogP contribution is 2.30. The predicted octanol–water partition coefficient (Wildman–Crippen LogP) is 2.65. The molecule has 2 rings (SSSR count). The summed E-state index contributed by atoms with van der Waals surface area (Å²) < 4.78 is 9.50. The van der Waals surface area contributed by atoms with Crippen LogP contribution in [-0.2, 0) is 4.74 Å². The van der Waals surface area contributed by atoms with Gasteiger partial charge in [-0.05, 0) is 43.1 Å². The fourth-order valence-corrected chi connectivity index (χ4v) is 3.01. The molecule has 2 unspecified atom stereocenters. The van der Waals surface area contributed by atoms with Gasteiger partial charge in [0.15, 0.2) is 0 Å². The molecule has 1 N–H and O–H groups in total. The molecule has 17 heavy (non-hydrogen) atoms. The molecule has 2 atom stereocenters. The Labute approximate surface area is 106 Å². The van der Waals surface area contributed by atoms with Gasteiger partial charge in [0.25, 0.3) is 0 Å². The van der Waals surface area contributed by atoms with Gasteiger partial charge in [0.1, 0.15) is 0 Å². The van der Waals surface area contributed by atoms with E-state index in [-0.39, 0.29) is 0 Å². The molecule has 1 aromatic heterocycles. The van der Waals surface area contributed by atoms with Gasteiger partial charge >= 0.3 is 0 Å². The third-order valence-electron chi connectivity index (χ3n) is 3.18. The molecule has 1 fully saturated rings.